The van der Waals surface area contributed by atoms with E-state index in [0.717, 1.165) is 15.4 Å². The zero-order valence-electron chi connectivity index (χ0n) is 10.3. The third kappa shape index (κ3) is 2.87. The molecule has 1 nitrogen and oxygen atoms in total. The SMILES string of the molecule is CCC(N)c1ccc(-c2c(Br)cc(C)cc2Br)s1. The van der Waals surface area contributed by atoms with Gasteiger partial charge in [0.2, 0.25) is 0 Å². The zero-order chi connectivity index (χ0) is 13.3. The number of nitrogens with two attached hydrogens (primary N) is 1. The zero-order valence-corrected chi connectivity index (χ0v) is 14.3. The molecule has 0 aliphatic carbocycles. The maximum absolute atomic E-state index is 6.07. The molecule has 0 bridgehead atoms. The lowest BCUT2D eigenvalue weighted by atomic mass is 10.1. The largest absolute Gasteiger partial charge is 0.323 e. The Morgan fingerprint density at radius 3 is 2.39 bits per heavy atom. The van der Waals surface area contributed by atoms with Gasteiger partial charge in [-0.2, -0.15) is 0 Å². The monoisotopic (exact) mass is 387 g/mol. The molecule has 1 unspecified atom stereocenters. The van der Waals surface area contributed by atoms with Gasteiger partial charge in [-0.25, -0.2) is 0 Å². The van der Waals surface area contributed by atoms with Crippen molar-refractivity contribution in [3.8, 4) is 10.4 Å². The van der Waals surface area contributed by atoms with Crippen LogP contribution in [-0.4, -0.2) is 0 Å². The smallest absolute Gasteiger partial charge is 0.0387 e. The van der Waals surface area contributed by atoms with Crippen molar-refractivity contribution in [1.82, 2.24) is 0 Å². The molecule has 96 valence electrons. The van der Waals surface area contributed by atoms with Gasteiger partial charge in [0.25, 0.3) is 0 Å². The Morgan fingerprint density at radius 2 is 1.83 bits per heavy atom. The molecule has 1 aromatic carbocycles. The fraction of sp³-hybridized carbons (Fsp3) is 0.286. The third-order valence-corrected chi connectivity index (χ3v) is 5.35. The van der Waals surface area contributed by atoms with Crippen LogP contribution < -0.4 is 5.73 Å². The van der Waals surface area contributed by atoms with Crippen molar-refractivity contribution < 1.29 is 0 Å². The molecule has 2 aromatic rings. The van der Waals surface area contributed by atoms with Gasteiger partial charge in [0.05, 0.1) is 0 Å². The first-order valence-corrected chi connectivity index (χ1v) is 8.24. The summed E-state index contributed by atoms with van der Waals surface area (Å²) in [4.78, 5) is 2.49. The van der Waals surface area contributed by atoms with Crippen LogP contribution in [0.4, 0.5) is 0 Å². The molecule has 0 aliphatic heterocycles. The lowest BCUT2D eigenvalue weighted by Gasteiger charge is -2.07. The summed E-state index contributed by atoms with van der Waals surface area (Å²) < 4.78 is 2.24. The molecule has 1 aromatic heterocycles. The average Bonchev–Trinajstić information content (AvgIpc) is 2.76. The summed E-state index contributed by atoms with van der Waals surface area (Å²) in [5.41, 5.74) is 8.52. The maximum atomic E-state index is 6.07. The fourth-order valence-corrected chi connectivity index (χ4v) is 5.09. The molecule has 0 saturated heterocycles. The summed E-state index contributed by atoms with van der Waals surface area (Å²) in [6.07, 6.45) is 0.968. The number of thiophene rings is 1. The molecule has 0 spiro atoms. The predicted molar refractivity (Wildman–Crippen MR) is 87.1 cm³/mol. The average molecular weight is 389 g/mol. The van der Waals surface area contributed by atoms with E-state index in [2.05, 4.69) is 70.0 Å². The van der Waals surface area contributed by atoms with E-state index in [1.165, 1.54) is 20.9 Å². The van der Waals surface area contributed by atoms with Crippen LogP contribution in [0.5, 0.6) is 0 Å². The number of benzene rings is 1. The van der Waals surface area contributed by atoms with E-state index >= 15 is 0 Å². The van der Waals surface area contributed by atoms with E-state index in [4.69, 9.17) is 5.73 Å². The standard InChI is InChI=1S/C14H15Br2NS/c1-3-11(17)12-4-5-13(18-12)14-9(15)6-8(2)7-10(14)16/h4-7,11H,3,17H2,1-2H3. The summed E-state index contributed by atoms with van der Waals surface area (Å²) in [5, 5.41) is 0. The molecule has 2 N–H and O–H groups in total. The Morgan fingerprint density at radius 1 is 1.22 bits per heavy atom. The van der Waals surface area contributed by atoms with Crippen molar-refractivity contribution in [3.05, 3.63) is 43.7 Å². The molecular formula is C14H15Br2NS. The van der Waals surface area contributed by atoms with Gasteiger partial charge in [-0.1, -0.05) is 38.8 Å². The number of halogens is 2. The van der Waals surface area contributed by atoms with E-state index in [1.807, 2.05) is 0 Å². The second kappa shape index (κ2) is 5.87. The van der Waals surface area contributed by atoms with Gasteiger partial charge in [0.1, 0.15) is 0 Å². The molecule has 0 aliphatic rings. The number of rotatable bonds is 3. The van der Waals surface area contributed by atoms with Crippen LogP contribution in [0.1, 0.15) is 29.8 Å². The lowest BCUT2D eigenvalue weighted by Crippen LogP contribution is -2.05. The summed E-state index contributed by atoms with van der Waals surface area (Å²) in [6.45, 7) is 4.20. The van der Waals surface area contributed by atoms with Crippen molar-refractivity contribution >= 4 is 43.2 Å². The van der Waals surface area contributed by atoms with Crippen LogP contribution >= 0.6 is 43.2 Å². The van der Waals surface area contributed by atoms with Crippen molar-refractivity contribution in [2.24, 2.45) is 5.73 Å². The van der Waals surface area contributed by atoms with Crippen LogP contribution in [0.25, 0.3) is 10.4 Å². The Labute approximate surface area is 129 Å². The highest BCUT2D eigenvalue weighted by atomic mass is 79.9. The van der Waals surface area contributed by atoms with Gasteiger partial charge in [0.15, 0.2) is 0 Å². The van der Waals surface area contributed by atoms with Crippen molar-refractivity contribution in [2.45, 2.75) is 26.3 Å². The maximum Gasteiger partial charge on any atom is 0.0387 e. The minimum absolute atomic E-state index is 0.145. The first kappa shape index (κ1) is 14.3. The summed E-state index contributed by atoms with van der Waals surface area (Å²) in [7, 11) is 0. The van der Waals surface area contributed by atoms with Gasteiger partial charge in [0, 0.05) is 30.3 Å². The van der Waals surface area contributed by atoms with Crippen LogP contribution in [0, 0.1) is 6.92 Å². The van der Waals surface area contributed by atoms with E-state index in [9.17, 15) is 0 Å². The summed E-state index contributed by atoms with van der Waals surface area (Å²) in [6, 6.07) is 8.70. The first-order chi connectivity index (χ1) is 8.52. The molecule has 1 atom stereocenters. The molecule has 0 fully saturated rings. The van der Waals surface area contributed by atoms with Crippen molar-refractivity contribution in [2.75, 3.05) is 0 Å². The summed E-state index contributed by atoms with van der Waals surface area (Å²) in [5.74, 6) is 0. The van der Waals surface area contributed by atoms with Gasteiger partial charge in [-0.05, 0) is 43.2 Å². The minimum atomic E-state index is 0.145. The highest BCUT2D eigenvalue weighted by Gasteiger charge is 2.13. The van der Waals surface area contributed by atoms with E-state index in [0.29, 0.717) is 0 Å². The van der Waals surface area contributed by atoms with Gasteiger partial charge >= 0.3 is 0 Å². The fourth-order valence-electron chi connectivity index (χ4n) is 1.82. The molecule has 0 radical (unpaired) electrons. The van der Waals surface area contributed by atoms with E-state index < -0.39 is 0 Å². The van der Waals surface area contributed by atoms with Crippen molar-refractivity contribution in [1.29, 1.82) is 0 Å². The van der Waals surface area contributed by atoms with Crippen LogP contribution in [0.3, 0.4) is 0 Å². The Balaban J connectivity index is 2.46. The molecule has 0 saturated carbocycles. The molecule has 2 rings (SSSR count). The lowest BCUT2D eigenvalue weighted by molar-refractivity contribution is 0.712. The third-order valence-electron chi connectivity index (χ3n) is 2.86. The van der Waals surface area contributed by atoms with Crippen LogP contribution in [0.15, 0.2) is 33.2 Å². The Kier molecular flexibility index (Phi) is 4.64. The summed E-state index contributed by atoms with van der Waals surface area (Å²) >= 11 is 9.05. The molecule has 18 heavy (non-hydrogen) atoms. The predicted octanol–water partition coefficient (Wildman–Crippen LogP) is 5.66. The van der Waals surface area contributed by atoms with Crippen LogP contribution in [0.2, 0.25) is 0 Å². The van der Waals surface area contributed by atoms with Gasteiger partial charge in [-0.3, -0.25) is 0 Å². The molecule has 1 heterocycles. The number of hydrogen-bond donors (Lipinski definition) is 1. The second-order valence-electron chi connectivity index (χ2n) is 4.32. The minimum Gasteiger partial charge on any atom is -0.323 e. The highest BCUT2D eigenvalue weighted by Crippen LogP contribution is 2.40. The normalized spacial score (nSPS) is 12.7. The second-order valence-corrected chi connectivity index (χ2v) is 7.14. The molecular weight excluding hydrogens is 374 g/mol. The molecule has 4 heteroatoms. The van der Waals surface area contributed by atoms with Gasteiger partial charge < -0.3 is 5.73 Å². The van der Waals surface area contributed by atoms with E-state index in [-0.39, 0.29) is 6.04 Å². The Hall–Kier alpha value is -0.160. The van der Waals surface area contributed by atoms with E-state index in [1.54, 1.807) is 11.3 Å². The first-order valence-electron chi connectivity index (χ1n) is 5.84. The number of aryl methyl sites for hydroxylation is 1. The topological polar surface area (TPSA) is 26.0 Å². The highest BCUT2D eigenvalue weighted by molar-refractivity contribution is 9.11. The van der Waals surface area contributed by atoms with Crippen LogP contribution in [-0.2, 0) is 0 Å². The quantitative estimate of drug-likeness (QED) is 0.721. The number of hydrogen-bond acceptors (Lipinski definition) is 2. The van der Waals surface area contributed by atoms with Gasteiger partial charge in [-0.15, -0.1) is 11.3 Å². The van der Waals surface area contributed by atoms with Crippen molar-refractivity contribution in [3.63, 3.8) is 0 Å². The Bertz CT molecular complexity index is 540. The molecule has 0 amide bonds.